The lowest BCUT2D eigenvalue weighted by molar-refractivity contribution is -0.115. The first-order valence-electron chi connectivity index (χ1n) is 14.9. The number of carbonyl (C=O) groups is 2. The second kappa shape index (κ2) is 12.3. The molecule has 1 fully saturated rings. The molecule has 0 saturated heterocycles. The largest absolute Gasteiger partial charge is 0.396 e. The van der Waals surface area contributed by atoms with Crippen molar-refractivity contribution in [3.05, 3.63) is 103 Å². The number of nitrogens with one attached hydrogen (secondary N) is 1. The summed E-state index contributed by atoms with van der Waals surface area (Å²) >= 11 is 0. The molecule has 2 aliphatic rings. The van der Waals surface area contributed by atoms with Gasteiger partial charge in [-0.2, -0.15) is 0 Å². The molecule has 6 rings (SSSR count). The second-order valence-corrected chi connectivity index (χ2v) is 11.5. The third-order valence-corrected chi connectivity index (χ3v) is 8.62. The number of carbonyl (C=O) groups excluding carboxylic acids is 2. The van der Waals surface area contributed by atoms with Crippen molar-refractivity contribution < 1.29 is 14.7 Å². The molecule has 1 aliphatic carbocycles. The smallest absolute Gasteiger partial charge is 0.257 e. The Balaban J connectivity index is 1.28. The van der Waals surface area contributed by atoms with Gasteiger partial charge in [0.2, 0.25) is 0 Å². The zero-order valence-electron chi connectivity index (χ0n) is 24.6. The highest BCUT2D eigenvalue weighted by molar-refractivity contribution is 6.10. The van der Waals surface area contributed by atoms with Crippen LogP contribution < -0.4 is 16.0 Å². The number of hydrogen-bond acceptors (Lipinski definition) is 7. The molecular formula is C35H36N6O3. The minimum atomic E-state index is -0.379. The normalized spacial score (nSPS) is 20.6. The zero-order valence-corrected chi connectivity index (χ0v) is 24.6. The number of nitrogens with zero attached hydrogens (tertiary/aromatic N) is 4. The van der Waals surface area contributed by atoms with E-state index in [1.807, 2.05) is 59.5 Å². The summed E-state index contributed by atoms with van der Waals surface area (Å²) in [6.07, 6.45) is 8.74. The van der Waals surface area contributed by atoms with Gasteiger partial charge in [0.05, 0.1) is 11.0 Å². The quantitative estimate of drug-likeness (QED) is 0.242. The van der Waals surface area contributed by atoms with Crippen molar-refractivity contribution in [2.75, 3.05) is 29.1 Å². The van der Waals surface area contributed by atoms with Gasteiger partial charge in [-0.1, -0.05) is 43.5 Å². The van der Waals surface area contributed by atoms with Gasteiger partial charge in [0, 0.05) is 60.0 Å². The van der Waals surface area contributed by atoms with Gasteiger partial charge >= 0.3 is 0 Å². The van der Waals surface area contributed by atoms with Gasteiger partial charge < -0.3 is 25.6 Å². The number of aliphatic hydroxyl groups is 1. The fourth-order valence-corrected chi connectivity index (χ4v) is 6.04. The van der Waals surface area contributed by atoms with Crippen LogP contribution in [0.15, 0.2) is 103 Å². The number of Topliss-reactive ketones (excluding diaryl/α,β-unsaturated/α-hetero) is 1. The molecule has 1 amide bonds. The molecule has 224 valence electrons. The van der Waals surface area contributed by atoms with Crippen molar-refractivity contribution in [3.63, 3.8) is 0 Å². The van der Waals surface area contributed by atoms with Crippen LogP contribution in [0.4, 0.5) is 17.2 Å². The standard InChI is InChI=1S/C35H36N6O3/c1-22-16-29(23(2)40(15-7-6-10-31(22)43)27-8-4-3-5-9-27)35(44)39-26-13-11-25(12-14-26)30-19-41(28-17-24(18-28)20-42)34-32(30)33(36)37-21-38-34/h3-5,8-9,11-14,16,19,21,24,28,42H,1-2,6-7,10,15,17-18,20H2,(H,39,44)(H2,36,37,38)/b29-16+. The van der Waals surface area contributed by atoms with E-state index in [1.54, 1.807) is 6.08 Å². The number of nitrogen functional groups attached to an aromatic ring is 1. The van der Waals surface area contributed by atoms with E-state index in [0.29, 0.717) is 36.1 Å². The lowest BCUT2D eigenvalue weighted by Gasteiger charge is -2.35. The molecule has 3 heterocycles. The van der Waals surface area contributed by atoms with Crippen molar-refractivity contribution in [2.24, 2.45) is 5.92 Å². The number of aliphatic hydroxyl groups excluding tert-OH is 1. The third-order valence-electron chi connectivity index (χ3n) is 8.62. The zero-order chi connectivity index (χ0) is 30.8. The molecule has 0 atom stereocenters. The van der Waals surface area contributed by atoms with Gasteiger partial charge in [0.1, 0.15) is 17.8 Å². The predicted molar refractivity (Wildman–Crippen MR) is 174 cm³/mol. The Labute approximate surface area is 256 Å². The van der Waals surface area contributed by atoms with Crippen molar-refractivity contribution in [2.45, 2.75) is 38.1 Å². The summed E-state index contributed by atoms with van der Waals surface area (Å²) in [7, 11) is 0. The SMILES string of the molecule is C=C1/C=C(/C(=O)Nc2ccc(-c3cn(C4CC(CO)C4)c4ncnc(N)c34)cc2)C(=C)N(c2ccccc2)CCCCC1=O. The predicted octanol–water partition coefficient (Wildman–Crippen LogP) is 5.82. The first kappa shape index (κ1) is 29.1. The number of nitrogens with two attached hydrogens (primary N) is 1. The summed E-state index contributed by atoms with van der Waals surface area (Å²) in [6.45, 7) is 9.05. The lowest BCUT2D eigenvalue weighted by atomic mass is 9.81. The number of aromatic nitrogens is 3. The van der Waals surface area contributed by atoms with Crippen LogP contribution in [0.2, 0.25) is 0 Å². The third kappa shape index (κ3) is 5.66. The van der Waals surface area contributed by atoms with Crippen LogP contribution in [0.5, 0.6) is 0 Å². The fourth-order valence-electron chi connectivity index (χ4n) is 6.04. The summed E-state index contributed by atoms with van der Waals surface area (Å²) in [6, 6.07) is 17.6. The fraction of sp³-hybridized carbons (Fsp3) is 0.257. The average molecular weight is 589 g/mol. The number of anilines is 3. The maximum atomic E-state index is 13.7. The van der Waals surface area contributed by atoms with Crippen molar-refractivity contribution in [1.82, 2.24) is 14.5 Å². The van der Waals surface area contributed by atoms with Crippen LogP contribution >= 0.6 is 0 Å². The first-order chi connectivity index (χ1) is 21.3. The van der Waals surface area contributed by atoms with E-state index >= 15 is 0 Å². The number of allylic oxidation sites excluding steroid dienone is 2. The molecule has 9 nitrogen and oxygen atoms in total. The Bertz CT molecular complexity index is 1770. The molecule has 0 unspecified atom stereocenters. The minimum absolute atomic E-state index is 0.0724. The van der Waals surface area contributed by atoms with E-state index < -0.39 is 0 Å². The van der Waals surface area contributed by atoms with Crippen molar-refractivity contribution >= 4 is 39.9 Å². The van der Waals surface area contributed by atoms with E-state index in [1.165, 1.54) is 6.33 Å². The Morgan fingerprint density at radius 3 is 2.52 bits per heavy atom. The number of hydrogen-bond donors (Lipinski definition) is 3. The molecule has 4 N–H and O–H groups in total. The maximum Gasteiger partial charge on any atom is 0.257 e. The van der Waals surface area contributed by atoms with Crippen molar-refractivity contribution in [1.29, 1.82) is 0 Å². The lowest BCUT2D eigenvalue weighted by Crippen LogP contribution is -2.29. The highest BCUT2D eigenvalue weighted by atomic mass is 16.3. The number of ketones is 1. The molecule has 2 aromatic carbocycles. The van der Waals surface area contributed by atoms with Gasteiger partial charge in [0.25, 0.3) is 5.91 Å². The number of para-hydroxylation sites is 1. The Morgan fingerprint density at radius 2 is 1.80 bits per heavy atom. The number of fused-ring (bicyclic) bond motifs is 1. The van der Waals surface area contributed by atoms with Gasteiger partial charge in [-0.25, -0.2) is 9.97 Å². The van der Waals surface area contributed by atoms with E-state index in [0.717, 1.165) is 53.5 Å². The molecule has 0 radical (unpaired) electrons. The second-order valence-electron chi connectivity index (χ2n) is 11.5. The molecule has 9 heteroatoms. The number of amides is 1. The molecule has 1 saturated carbocycles. The summed E-state index contributed by atoms with van der Waals surface area (Å²) < 4.78 is 2.13. The van der Waals surface area contributed by atoms with Gasteiger partial charge in [-0.3, -0.25) is 9.59 Å². The monoisotopic (exact) mass is 588 g/mol. The van der Waals surface area contributed by atoms with Gasteiger partial charge in [-0.15, -0.1) is 0 Å². The van der Waals surface area contributed by atoms with Gasteiger partial charge in [-0.05, 0) is 67.5 Å². The van der Waals surface area contributed by atoms with Crippen LogP contribution in [-0.4, -0.2) is 44.5 Å². The van der Waals surface area contributed by atoms with Gasteiger partial charge in [0.15, 0.2) is 5.78 Å². The van der Waals surface area contributed by atoms with Crippen LogP contribution in [0.25, 0.3) is 22.2 Å². The molecule has 4 aromatic rings. The minimum Gasteiger partial charge on any atom is -0.396 e. The van der Waals surface area contributed by atoms with Crippen LogP contribution in [-0.2, 0) is 9.59 Å². The molecular weight excluding hydrogens is 552 g/mol. The summed E-state index contributed by atoms with van der Waals surface area (Å²) in [5, 5.41) is 13.3. The number of rotatable bonds is 6. The van der Waals surface area contributed by atoms with E-state index in [2.05, 4.69) is 39.2 Å². The van der Waals surface area contributed by atoms with Crippen LogP contribution in [0.3, 0.4) is 0 Å². The molecule has 0 bridgehead atoms. The summed E-state index contributed by atoms with van der Waals surface area (Å²) in [5.41, 5.74) is 11.5. The number of benzene rings is 2. The molecule has 0 spiro atoms. The topological polar surface area (TPSA) is 126 Å². The van der Waals surface area contributed by atoms with Crippen molar-refractivity contribution in [3.8, 4) is 11.1 Å². The van der Waals surface area contributed by atoms with Crippen LogP contribution in [0.1, 0.15) is 38.1 Å². The van der Waals surface area contributed by atoms with E-state index in [-0.39, 0.29) is 35.5 Å². The molecule has 2 aromatic heterocycles. The highest BCUT2D eigenvalue weighted by Gasteiger charge is 2.32. The first-order valence-corrected chi connectivity index (χ1v) is 14.9. The average Bonchev–Trinajstić information content (AvgIpc) is 3.39. The maximum absolute atomic E-state index is 13.7. The summed E-state index contributed by atoms with van der Waals surface area (Å²) in [4.78, 5) is 37.2. The van der Waals surface area contributed by atoms with Crippen LogP contribution in [0, 0.1) is 5.92 Å². The summed E-state index contributed by atoms with van der Waals surface area (Å²) in [5.74, 6) is 0.252. The Morgan fingerprint density at radius 1 is 1.05 bits per heavy atom. The van der Waals surface area contributed by atoms with E-state index in [4.69, 9.17) is 5.73 Å². The Kier molecular flexibility index (Phi) is 8.13. The highest BCUT2D eigenvalue weighted by Crippen LogP contribution is 2.42. The molecule has 1 aliphatic heterocycles. The molecule has 44 heavy (non-hydrogen) atoms. The van der Waals surface area contributed by atoms with E-state index in [9.17, 15) is 14.7 Å². The Hall–Kier alpha value is -5.02.